The fourth-order valence-corrected chi connectivity index (χ4v) is 2.57. The normalized spacial score (nSPS) is 27.1. The first kappa shape index (κ1) is 16.0. The average molecular weight is 270 g/mol. The molecule has 1 aliphatic carbocycles. The van der Waals surface area contributed by atoms with E-state index in [4.69, 9.17) is 5.73 Å². The van der Waals surface area contributed by atoms with Gasteiger partial charge in [-0.3, -0.25) is 9.59 Å². The first-order valence-electron chi connectivity index (χ1n) is 7.26. The van der Waals surface area contributed by atoms with Crippen molar-refractivity contribution >= 4 is 11.9 Å². The number of carboxylic acid groups (broad SMARTS) is 1. The highest BCUT2D eigenvalue weighted by molar-refractivity contribution is 5.83. The molecule has 5 nitrogen and oxygen atoms in total. The van der Waals surface area contributed by atoms with Gasteiger partial charge in [0.1, 0.15) is 0 Å². The van der Waals surface area contributed by atoms with Gasteiger partial charge in [-0.1, -0.05) is 39.5 Å². The maximum absolute atomic E-state index is 12.1. The molecule has 0 saturated heterocycles. The van der Waals surface area contributed by atoms with E-state index in [-0.39, 0.29) is 17.9 Å². The molecule has 1 amide bonds. The SMILES string of the molecule is CCC(C)[C@H](N)C(=O)NC1CCCCCC1C(=O)O. The Labute approximate surface area is 114 Å². The second-order valence-electron chi connectivity index (χ2n) is 5.61. The van der Waals surface area contributed by atoms with Crippen LogP contribution in [0.5, 0.6) is 0 Å². The molecule has 3 unspecified atom stereocenters. The monoisotopic (exact) mass is 270 g/mol. The molecule has 1 rings (SSSR count). The summed E-state index contributed by atoms with van der Waals surface area (Å²) in [5.41, 5.74) is 5.89. The molecule has 19 heavy (non-hydrogen) atoms. The summed E-state index contributed by atoms with van der Waals surface area (Å²) in [6.07, 6.45) is 5.12. The molecule has 0 bridgehead atoms. The Balaban J connectivity index is 2.65. The van der Waals surface area contributed by atoms with Gasteiger partial charge >= 0.3 is 5.97 Å². The number of amides is 1. The van der Waals surface area contributed by atoms with Crippen molar-refractivity contribution in [3.63, 3.8) is 0 Å². The number of rotatable bonds is 5. The fraction of sp³-hybridized carbons (Fsp3) is 0.857. The second-order valence-corrected chi connectivity index (χ2v) is 5.61. The van der Waals surface area contributed by atoms with Crippen LogP contribution in [0.2, 0.25) is 0 Å². The molecule has 5 heteroatoms. The third kappa shape index (κ3) is 4.49. The van der Waals surface area contributed by atoms with E-state index in [0.717, 1.165) is 32.1 Å². The summed E-state index contributed by atoms with van der Waals surface area (Å²) >= 11 is 0. The summed E-state index contributed by atoms with van der Waals surface area (Å²) < 4.78 is 0. The Morgan fingerprint density at radius 3 is 2.53 bits per heavy atom. The molecule has 0 heterocycles. The van der Waals surface area contributed by atoms with Crippen LogP contribution in [0.4, 0.5) is 0 Å². The molecule has 0 aromatic rings. The lowest BCUT2D eigenvalue weighted by Gasteiger charge is -2.26. The van der Waals surface area contributed by atoms with Crippen LogP contribution in [0, 0.1) is 11.8 Å². The van der Waals surface area contributed by atoms with Gasteiger partial charge < -0.3 is 16.2 Å². The van der Waals surface area contributed by atoms with Gasteiger partial charge in [-0.25, -0.2) is 0 Å². The van der Waals surface area contributed by atoms with Crippen LogP contribution in [-0.2, 0) is 9.59 Å². The third-order valence-electron chi connectivity index (χ3n) is 4.22. The number of aliphatic carboxylic acids is 1. The van der Waals surface area contributed by atoms with Crippen molar-refractivity contribution in [1.82, 2.24) is 5.32 Å². The van der Waals surface area contributed by atoms with Crippen LogP contribution in [0.3, 0.4) is 0 Å². The van der Waals surface area contributed by atoms with Crippen molar-refractivity contribution in [2.45, 2.75) is 64.5 Å². The van der Waals surface area contributed by atoms with Gasteiger partial charge in [-0.15, -0.1) is 0 Å². The Morgan fingerprint density at radius 2 is 1.95 bits per heavy atom. The lowest BCUT2D eigenvalue weighted by atomic mass is 9.93. The highest BCUT2D eigenvalue weighted by Gasteiger charge is 2.32. The van der Waals surface area contributed by atoms with Gasteiger partial charge in [-0.05, 0) is 18.8 Å². The van der Waals surface area contributed by atoms with E-state index < -0.39 is 17.9 Å². The molecule has 0 radical (unpaired) electrons. The number of nitrogens with two attached hydrogens (primary N) is 1. The molecule has 1 fully saturated rings. The highest BCUT2D eigenvalue weighted by Crippen LogP contribution is 2.24. The van der Waals surface area contributed by atoms with Crippen LogP contribution in [0.25, 0.3) is 0 Å². The van der Waals surface area contributed by atoms with Crippen LogP contribution < -0.4 is 11.1 Å². The number of carbonyl (C=O) groups excluding carboxylic acids is 1. The van der Waals surface area contributed by atoms with E-state index in [9.17, 15) is 14.7 Å². The molecule has 110 valence electrons. The summed E-state index contributed by atoms with van der Waals surface area (Å²) in [4.78, 5) is 23.3. The van der Waals surface area contributed by atoms with Gasteiger partial charge in [0.25, 0.3) is 0 Å². The van der Waals surface area contributed by atoms with Crippen LogP contribution in [0.1, 0.15) is 52.4 Å². The van der Waals surface area contributed by atoms with Crippen LogP contribution in [-0.4, -0.2) is 29.1 Å². The van der Waals surface area contributed by atoms with Crippen molar-refractivity contribution in [1.29, 1.82) is 0 Å². The van der Waals surface area contributed by atoms with Gasteiger partial charge in [0.05, 0.1) is 12.0 Å². The van der Waals surface area contributed by atoms with E-state index in [2.05, 4.69) is 5.32 Å². The van der Waals surface area contributed by atoms with Gasteiger partial charge in [0.2, 0.25) is 5.91 Å². The predicted octanol–water partition coefficient (Wildman–Crippen LogP) is 1.51. The maximum atomic E-state index is 12.1. The number of carboxylic acids is 1. The summed E-state index contributed by atoms with van der Waals surface area (Å²) in [6.45, 7) is 3.93. The topological polar surface area (TPSA) is 92.4 Å². The molecule has 4 N–H and O–H groups in total. The first-order valence-corrected chi connectivity index (χ1v) is 7.26. The Morgan fingerprint density at radius 1 is 1.32 bits per heavy atom. The number of hydrogen-bond acceptors (Lipinski definition) is 3. The second kappa shape index (κ2) is 7.48. The van der Waals surface area contributed by atoms with E-state index in [1.54, 1.807) is 0 Å². The molecule has 0 aromatic carbocycles. The molecular weight excluding hydrogens is 244 g/mol. The Bertz CT molecular complexity index is 320. The largest absolute Gasteiger partial charge is 0.481 e. The molecule has 1 saturated carbocycles. The minimum Gasteiger partial charge on any atom is -0.481 e. The molecule has 0 aromatic heterocycles. The van der Waals surface area contributed by atoms with Crippen molar-refractivity contribution in [2.24, 2.45) is 17.6 Å². The Kier molecular flexibility index (Phi) is 6.28. The quantitative estimate of drug-likeness (QED) is 0.660. The van der Waals surface area contributed by atoms with E-state index in [1.165, 1.54) is 0 Å². The maximum Gasteiger partial charge on any atom is 0.308 e. The lowest BCUT2D eigenvalue weighted by Crippen LogP contribution is -2.51. The van der Waals surface area contributed by atoms with Crippen molar-refractivity contribution in [3.05, 3.63) is 0 Å². The Hall–Kier alpha value is -1.10. The van der Waals surface area contributed by atoms with E-state index in [0.29, 0.717) is 6.42 Å². The summed E-state index contributed by atoms with van der Waals surface area (Å²) in [6, 6.07) is -0.828. The highest BCUT2D eigenvalue weighted by atomic mass is 16.4. The zero-order chi connectivity index (χ0) is 14.4. The molecule has 1 aliphatic rings. The molecule has 4 atom stereocenters. The average Bonchev–Trinajstić information content (AvgIpc) is 2.62. The first-order chi connectivity index (χ1) is 8.97. The standard InChI is InChI=1S/C14H26N2O3/c1-3-9(2)12(15)13(17)16-11-8-6-4-5-7-10(11)14(18)19/h9-12H,3-8,15H2,1-2H3,(H,16,17)(H,18,19)/t9?,10?,11?,12-/m0/s1. The molecule has 0 aliphatic heterocycles. The van der Waals surface area contributed by atoms with E-state index >= 15 is 0 Å². The summed E-state index contributed by atoms with van der Waals surface area (Å²) in [7, 11) is 0. The molecular formula is C14H26N2O3. The van der Waals surface area contributed by atoms with Crippen molar-refractivity contribution in [3.8, 4) is 0 Å². The van der Waals surface area contributed by atoms with Crippen LogP contribution in [0.15, 0.2) is 0 Å². The minimum absolute atomic E-state index is 0.106. The zero-order valence-corrected chi connectivity index (χ0v) is 11.9. The fourth-order valence-electron chi connectivity index (χ4n) is 2.57. The minimum atomic E-state index is -0.815. The molecule has 0 spiro atoms. The smallest absolute Gasteiger partial charge is 0.308 e. The third-order valence-corrected chi connectivity index (χ3v) is 4.22. The summed E-state index contributed by atoms with van der Waals surface area (Å²) in [5.74, 6) is -1.40. The lowest BCUT2D eigenvalue weighted by molar-refractivity contribution is -0.143. The van der Waals surface area contributed by atoms with Crippen molar-refractivity contribution in [2.75, 3.05) is 0 Å². The van der Waals surface area contributed by atoms with Gasteiger partial charge in [-0.2, -0.15) is 0 Å². The predicted molar refractivity (Wildman–Crippen MR) is 73.6 cm³/mol. The summed E-state index contributed by atoms with van der Waals surface area (Å²) in [5, 5.41) is 12.1. The number of nitrogens with one attached hydrogen (secondary N) is 1. The van der Waals surface area contributed by atoms with Crippen LogP contribution >= 0.6 is 0 Å². The zero-order valence-electron chi connectivity index (χ0n) is 11.9. The van der Waals surface area contributed by atoms with Gasteiger partial charge in [0, 0.05) is 6.04 Å². The van der Waals surface area contributed by atoms with Gasteiger partial charge in [0.15, 0.2) is 0 Å². The van der Waals surface area contributed by atoms with E-state index in [1.807, 2.05) is 13.8 Å². The number of carbonyl (C=O) groups is 2. The number of hydrogen-bond donors (Lipinski definition) is 3. The van der Waals surface area contributed by atoms with Crippen molar-refractivity contribution < 1.29 is 14.7 Å².